The lowest BCUT2D eigenvalue weighted by Gasteiger charge is -2.15. The Morgan fingerprint density at radius 1 is 1.10 bits per heavy atom. The molecule has 0 aliphatic carbocycles. The maximum absolute atomic E-state index is 13.8. The smallest absolute Gasteiger partial charge is 0.163 e. The van der Waals surface area contributed by atoms with E-state index in [1.807, 2.05) is 0 Å². The molecule has 0 N–H and O–H groups in total. The molecule has 0 aliphatic heterocycles. The number of ether oxygens (including phenoxy) is 1. The Bertz CT molecular complexity index is 649. The van der Waals surface area contributed by atoms with Crippen LogP contribution in [0.1, 0.15) is 16.0 Å². The van der Waals surface area contributed by atoms with Crippen molar-refractivity contribution in [1.82, 2.24) is 0 Å². The Morgan fingerprint density at radius 3 is 2.45 bits per heavy atom. The highest BCUT2D eigenvalue weighted by atomic mass is 79.9. The van der Waals surface area contributed by atoms with Gasteiger partial charge in [0, 0.05) is 16.7 Å². The summed E-state index contributed by atoms with van der Waals surface area (Å²) >= 11 is 15.5. The second-order valence-corrected chi connectivity index (χ2v) is 5.74. The average molecular weight is 382 g/mol. The summed E-state index contributed by atoms with van der Waals surface area (Å²) in [5.41, 5.74) is 0.676. The van der Waals surface area contributed by atoms with Crippen molar-refractivity contribution in [3.05, 3.63) is 63.1 Å². The quantitative estimate of drug-likeness (QED) is 0.613. The molecule has 0 aliphatic rings. The standard InChI is InChI=1S/C14H9BrCl2F2O/c1-20-12-6-9(16)8(5-10(12)17)13(15)7-3-2-4-11(18)14(7)19/h2-6,13H,1H3. The maximum Gasteiger partial charge on any atom is 0.163 e. The lowest BCUT2D eigenvalue weighted by Crippen LogP contribution is -2.00. The van der Waals surface area contributed by atoms with Gasteiger partial charge < -0.3 is 4.74 Å². The molecule has 0 spiro atoms. The van der Waals surface area contributed by atoms with Gasteiger partial charge in [0.15, 0.2) is 11.6 Å². The molecule has 1 unspecified atom stereocenters. The Hall–Kier alpha value is -0.840. The van der Waals surface area contributed by atoms with Gasteiger partial charge in [-0.25, -0.2) is 8.78 Å². The molecule has 106 valence electrons. The molecule has 2 aromatic carbocycles. The largest absolute Gasteiger partial charge is 0.495 e. The molecule has 1 atom stereocenters. The number of rotatable bonds is 3. The number of halogens is 5. The van der Waals surface area contributed by atoms with Crippen LogP contribution in [0.5, 0.6) is 5.75 Å². The molecule has 0 amide bonds. The van der Waals surface area contributed by atoms with E-state index >= 15 is 0 Å². The van der Waals surface area contributed by atoms with E-state index in [9.17, 15) is 8.78 Å². The summed E-state index contributed by atoms with van der Waals surface area (Å²) in [4.78, 5) is -0.617. The molecule has 1 nitrogen and oxygen atoms in total. The Morgan fingerprint density at radius 2 is 1.80 bits per heavy atom. The Labute approximate surface area is 133 Å². The van der Waals surface area contributed by atoms with Crippen LogP contribution in [0.2, 0.25) is 10.0 Å². The van der Waals surface area contributed by atoms with E-state index in [4.69, 9.17) is 27.9 Å². The van der Waals surface area contributed by atoms with Gasteiger partial charge in [0.2, 0.25) is 0 Å². The summed E-state index contributed by atoms with van der Waals surface area (Å²) in [6.45, 7) is 0. The zero-order valence-corrected chi connectivity index (χ0v) is 13.4. The van der Waals surface area contributed by atoms with Gasteiger partial charge in [0.05, 0.1) is 17.0 Å². The Kier molecular flexibility index (Phi) is 4.89. The molecular formula is C14H9BrCl2F2O. The maximum atomic E-state index is 13.8. The normalized spacial score (nSPS) is 12.3. The predicted molar refractivity (Wildman–Crippen MR) is 80.1 cm³/mol. The fraction of sp³-hybridized carbons (Fsp3) is 0.143. The Balaban J connectivity index is 2.51. The molecule has 0 saturated heterocycles. The van der Waals surface area contributed by atoms with Crippen LogP contribution in [-0.4, -0.2) is 7.11 Å². The first-order valence-electron chi connectivity index (χ1n) is 5.56. The molecule has 0 fully saturated rings. The highest BCUT2D eigenvalue weighted by Crippen LogP contribution is 2.41. The summed E-state index contributed by atoms with van der Waals surface area (Å²) in [5.74, 6) is -1.42. The van der Waals surface area contributed by atoms with E-state index in [1.165, 1.54) is 25.3 Å². The molecule has 0 bridgehead atoms. The SMILES string of the molecule is COc1cc(Cl)c(C(Br)c2cccc(F)c2F)cc1Cl. The molecule has 0 heterocycles. The first-order valence-corrected chi connectivity index (χ1v) is 7.23. The highest BCUT2D eigenvalue weighted by Gasteiger charge is 2.21. The van der Waals surface area contributed by atoms with Gasteiger partial charge in [0.25, 0.3) is 0 Å². The average Bonchev–Trinajstić information content (AvgIpc) is 2.43. The second-order valence-electron chi connectivity index (χ2n) is 4.01. The highest BCUT2D eigenvalue weighted by molar-refractivity contribution is 9.09. The number of methoxy groups -OCH3 is 1. The summed E-state index contributed by atoms with van der Waals surface area (Å²) < 4.78 is 32.1. The van der Waals surface area contributed by atoms with E-state index in [1.54, 1.807) is 6.07 Å². The lowest BCUT2D eigenvalue weighted by atomic mass is 10.0. The van der Waals surface area contributed by atoms with Crippen molar-refractivity contribution in [2.45, 2.75) is 4.83 Å². The number of alkyl halides is 1. The monoisotopic (exact) mass is 380 g/mol. The van der Waals surface area contributed by atoms with Crippen LogP contribution in [0, 0.1) is 11.6 Å². The van der Waals surface area contributed by atoms with Gasteiger partial charge in [-0.2, -0.15) is 0 Å². The third-order valence-corrected chi connectivity index (χ3v) is 4.41. The van der Waals surface area contributed by atoms with Crippen molar-refractivity contribution in [3.8, 4) is 5.75 Å². The van der Waals surface area contributed by atoms with E-state index in [2.05, 4.69) is 15.9 Å². The van der Waals surface area contributed by atoms with Crippen LogP contribution >= 0.6 is 39.1 Å². The van der Waals surface area contributed by atoms with Gasteiger partial charge in [-0.1, -0.05) is 51.3 Å². The molecular weight excluding hydrogens is 373 g/mol. The van der Waals surface area contributed by atoms with E-state index in [0.29, 0.717) is 21.4 Å². The summed E-state index contributed by atoms with van der Waals surface area (Å²) in [5, 5.41) is 0.685. The van der Waals surface area contributed by atoms with Gasteiger partial charge in [0.1, 0.15) is 5.75 Å². The van der Waals surface area contributed by atoms with Crippen molar-refractivity contribution < 1.29 is 13.5 Å². The van der Waals surface area contributed by atoms with Crippen LogP contribution in [0.25, 0.3) is 0 Å². The molecule has 0 aromatic heterocycles. The van der Waals surface area contributed by atoms with Crippen molar-refractivity contribution in [1.29, 1.82) is 0 Å². The van der Waals surface area contributed by atoms with E-state index < -0.39 is 16.5 Å². The second kappa shape index (κ2) is 6.29. The lowest BCUT2D eigenvalue weighted by molar-refractivity contribution is 0.415. The molecule has 2 aromatic rings. The molecule has 20 heavy (non-hydrogen) atoms. The molecule has 6 heteroatoms. The van der Waals surface area contributed by atoms with Crippen LogP contribution < -0.4 is 4.74 Å². The van der Waals surface area contributed by atoms with Gasteiger partial charge in [-0.3, -0.25) is 0 Å². The van der Waals surface area contributed by atoms with Crippen molar-refractivity contribution in [2.75, 3.05) is 7.11 Å². The van der Waals surface area contributed by atoms with Gasteiger partial charge in [-0.05, 0) is 17.7 Å². The zero-order valence-electron chi connectivity index (χ0n) is 10.3. The molecule has 0 radical (unpaired) electrons. The first kappa shape index (κ1) is 15.5. The minimum Gasteiger partial charge on any atom is -0.495 e. The van der Waals surface area contributed by atoms with Crippen molar-refractivity contribution in [3.63, 3.8) is 0 Å². The third kappa shape index (κ3) is 2.92. The van der Waals surface area contributed by atoms with Gasteiger partial charge in [-0.15, -0.1) is 0 Å². The van der Waals surface area contributed by atoms with E-state index in [-0.39, 0.29) is 5.56 Å². The number of benzene rings is 2. The summed E-state index contributed by atoms with van der Waals surface area (Å²) in [6.07, 6.45) is 0. The topological polar surface area (TPSA) is 9.23 Å². The molecule has 0 saturated carbocycles. The van der Waals surface area contributed by atoms with Crippen LogP contribution in [0.3, 0.4) is 0 Å². The fourth-order valence-electron chi connectivity index (χ4n) is 1.78. The van der Waals surface area contributed by atoms with E-state index in [0.717, 1.165) is 6.07 Å². The summed E-state index contributed by atoms with van der Waals surface area (Å²) in [6, 6.07) is 7.06. The van der Waals surface area contributed by atoms with Crippen molar-refractivity contribution >= 4 is 39.1 Å². The molecule has 2 rings (SSSR count). The van der Waals surface area contributed by atoms with Crippen LogP contribution in [0.4, 0.5) is 8.78 Å². The number of hydrogen-bond donors (Lipinski definition) is 0. The first-order chi connectivity index (χ1) is 9.45. The summed E-state index contributed by atoms with van der Waals surface area (Å²) in [7, 11) is 1.47. The fourth-order valence-corrected chi connectivity index (χ4v) is 3.15. The number of hydrogen-bond acceptors (Lipinski definition) is 1. The minimum atomic E-state index is -0.919. The predicted octanol–water partition coefficient (Wildman–Crippen LogP) is 5.76. The minimum absolute atomic E-state index is 0.146. The van der Waals surface area contributed by atoms with Crippen LogP contribution in [0.15, 0.2) is 30.3 Å². The van der Waals surface area contributed by atoms with Gasteiger partial charge >= 0.3 is 0 Å². The third-order valence-electron chi connectivity index (χ3n) is 2.80. The zero-order chi connectivity index (χ0) is 14.9. The van der Waals surface area contributed by atoms with Crippen molar-refractivity contribution in [2.24, 2.45) is 0 Å². The van der Waals surface area contributed by atoms with Crippen LogP contribution in [-0.2, 0) is 0 Å².